The maximum absolute atomic E-state index is 9.33. The Morgan fingerprint density at radius 1 is 1.13 bits per heavy atom. The van der Waals surface area contributed by atoms with E-state index in [9.17, 15) is 5.26 Å². The Bertz CT molecular complexity index is 758. The van der Waals surface area contributed by atoms with E-state index < -0.39 is 0 Å². The van der Waals surface area contributed by atoms with Gasteiger partial charge < -0.3 is 21.3 Å². The third-order valence-electron chi connectivity index (χ3n) is 4.05. The monoisotopic (exact) mass is 309 g/mol. The summed E-state index contributed by atoms with van der Waals surface area (Å²) in [6.45, 7) is 4.00. The van der Waals surface area contributed by atoms with Crippen LogP contribution in [0.4, 0.5) is 17.5 Å². The van der Waals surface area contributed by atoms with Crippen molar-refractivity contribution in [2.24, 2.45) is 0 Å². The smallest absolute Gasteiger partial charge is 0.222 e. The Hall–Kier alpha value is -2.85. The molecule has 0 atom stereocenters. The molecule has 1 saturated heterocycles. The average Bonchev–Trinajstić information content (AvgIpc) is 2.55. The van der Waals surface area contributed by atoms with Gasteiger partial charge in [-0.3, -0.25) is 0 Å². The molecule has 0 unspecified atom stereocenters. The molecule has 2 aromatic rings. The van der Waals surface area contributed by atoms with Crippen molar-refractivity contribution >= 4 is 17.5 Å². The number of nitrogen functional groups attached to an aromatic ring is 2. The molecule has 0 spiro atoms. The van der Waals surface area contributed by atoms with Crippen LogP contribution >= 0.6 is 0 Å². The quantitative estimate of drug-likeness (QED) is 0.849. The highest BCUT2D eigenvalue weighted by atomic mass is 15.2. The van der Waals surface area contributed by atoms with Gasteiger partial charge >= 0.3 is 0 Å². The fourth-order valence-corrected chi connectivity index (χ4v) is 2.73. The van der Waals surface area contributed by atoms with Crippen molar-refractivity contribution in [1.29, 1.82) is 5.26 Å². The largest absolute Gasteiger partial charge is 0.382 e. The fourth-order valence-electron chi connectivity index (χ4n) is 2.73. The van der Waals surface area contributed by atoms with Gasteiger partial charge in [-0.25, -0.2) is 4.98 Å². The second-order valence-electron chi connectivity index (χ2n) is 5.64. The maximum Gasteiger partial charge on any atom is 0.222 e. The van der Waals surface area contributed by atoms with Gasteiger partial charge in [0, 0.05) is 37.4 Å². The molecule has 0 radical (unpaired) electrons. The van der Waals surface area contributed by atoms with Crippen molar-refractivity contribution in [2.45, 2.75) is 0 Å². The third-order valence-corrected chi connectivity index (χ3v) is 4.05. The maximum atomic E-state index is 9.33. The van der Waals surface area contributed by atoms with Gasteiger partial charge in [-0.15, -0.1) is 0 Å². The molecule has 1 aromatic heterocycles. The van der Waals surface area contributed by atoms with Crippen LogP contribution in [-0.4, -0.2) is 48.1 Å². The minimum atomic E-state index is 0.0708. The summed E-state index contributed by atoms with van der Waals surface area (Å²) in [7, 11) is 2.12. The third kappa shape index (κ3) is 3.03. The van der Waals surface area contributed by atoms with Gasteiger partial charge in [0.25, 0.3) is 0 Å². The molecule has 23 heavy (non-hydrogen) atoms. The first kappa shape index (κ1) is 15.1. The molecule has 1 aliphatic heterocycles. The molecule has 0 amide bonds. The number of hydrogen-bond acceptors (Lipinski definition) is 7. The molecule has 0 bridgehead atoms. The van der Waals surface area contributed by atoms with Gasteiger partial charge in [0.05, 0.1) is 5.69 Å². The number of nitrogens with two attached hydrogens (primary N) is 2. The molecule has 0 saturated carbocycles. The molecule has 3 rings (SSSR count). The molecule has 2 heterocycles. The van der Waals surface area contributed by atoms with Gasteiger partial charge in [-0.1, -0.05) is 12.1 Å². The van der Waals surface area contributed by atoms with Crippen LogP contribution in [0.3, 0.4) is 0 Å². The van der Waals surface area contributed by atoms with E-state index in [1.165, 1.54) is 0 Å². The summed E-state index contributed by atoms with van der Waals surface area (Å²) < 4.78 is 0. The lowest BCUT2D eigenvalue weighted by molar-refractivity contribution is 0.313. The molecule has 0 aliphatic carbocycles. The van der Waals surface area contributed by atoms with E-state index in [4.69, 9.17) is 11.5 Å². The van der Waals surface area contributed by atoms with Crippen LogP contribution in [0.1, 0.15) is 5.56 Å². The lowest BCUT2D eigenvalue weighted by Gasteiger charge is -2.34. The van der Waals surface area contributed by atoms with Crippen LogP contribution in [0.15, 0.2) is 24.3 Å². The van der Waals surface area contributed by atoms with Gasteiger partial charge in [0.1, 0.15) is 17.5 Å². The average molecular weight is 309 g/mol. The second kappa shape index (κ2) is 6.10. The Kier molecular flexibility index (Phi) is 4.00. The fraction of sp³-hybridized carbons (Fsp3) is 0.312. The van der Waals surface area contributed by atoms with Crippen LogP contribution in [0.2, 0.25) is 0 Å². The van der Waals surface area contributed by atoms with Crippen molar-refractivity contribution in [1.82, 2.24) is 14.9 Å². The number of hydrogen-bond donors (Lipinski definition) is 2. The highest BCUT2D eigenvalue weighted by Gasteiger charge is 2.17. The van der Waals surface area contributed by atoms with Crippen molar-refractivity contribution in [2.75, 3.05) is 49.6 Å². The lowest BCUT2D eigenvalue weighted by Crippen LogP contribution is -2.44. The predicted octanol–water partition coefficient (Wildman–Crippen LogP) is 0.931. The second-order valence-corrected chi connectivity index (χ2v) is 5.64. The summed E-state index contributed by atoms with van der Waals surface area (Å²) in [5.41, 5.74) is 14.1. The van der Waals surface area contributed by atoms with Gasteiger partial charge in [0.2, 0.25) is 5.95 Å². The lowest BCUT2D eigenvalue weighted by atomic mass is 10.1. The van der Waals surface area contributed by atoms with Crippen molar-refractivity contribution in [3.8, 4) is 17.3 Å². The van der Waals surface area contributed by atoms with E-state index in [2.05, 4.69) is 39.0 Å². The number of aromatic nitrogens is 2. The number of rotatable bonds is 2. The van der Waals surface area contributed by atoms with E-state index >= 15 is 0 Å². The molecule has 1 aliphatic rings. The Morgan fingerprint density at radius 2 is 1.87 bits per heavy atom. The Balaban J connectivity index is 1.99. The summed E-state index contributed by atoms with van der Waals surface area (Å²) in [5.74, 6) is 0.182. The molecule has 7 heteroatoms. The minimum Gasteiger partial charge on any atom is -0.382 e. The van der Waals surface area contributed by atoms with Crippen LogP contribution < -0.4 is 16.4 Å². The van der Waals surface area contributed by atoms with Crippen molar-refractivity contribution in [3.05, 3.63) is 29.8 Å². The molecule has 1 fully saturated rings. The molecule has 7 nitrogen and oxygen atoms in total. The molecule has 1 aromatic carbocycles. The molecular formula is C16H19N7. The first-order valence-electron chi connectivity index (χ1n) is 7.45. The van der Waals surface area contributed by atoms with Crippen LogP contribution in [-0.2, 0) is 0 Å². The zero-order valence-electron chi connectivity index (χ0n) is 13.0. The number of anilines is 3. The topological polar surface area (TPSA) is 108 Å². The van der Waals surface area contributed by atoms with Crippen molar-refractivity contribution in [3.63, 3.8) is 0 Å². The summed E-state index contributed by atoms with van der Waals surface area (Å²) in [6.07, 6.45) is 0. The highest BCUT2D eigenvalue weighted by Crippen LogP contribution is 2.28. The summed E-state index contributed by atoms with van der Waals surface area (Å²) >= 11 is 0. The van der Waals surface area contributed by atoms with E-state index in [1.54, 1.807) is 0 Å². The van der Waals surface area contributed by atoms with Crippen molar-refractivity contribution < 1.29 is 0 Å². The minimum absolute atomic E-state index is 0.0708. The van der Waals surface area contributed by atoms with E-state index in [0.29, 0.717) is 5.69 Å². The van der Waals surface area contributed by atoms with Gasteiger partial charge in [0.15, 0.2) is 0 Å². The predicted molar refractivity (Wildman–Crippen MR) is 90.7 cm³/mol. The van der Waals surface area contributed by atoms with Crippen LogP contribution in [0.5, 0.6) is 0 Å². The van der Waals surface area contributed by atoms with E-state index in [1.807, 2.05) is 18.2 Å². The summed E-state index contributed by atoms with van der Waals surface area (Å²) in [5, 5.41) is 9.33. The normalized spacial score (nSPS) is 15.4. The first-order chi connectivity index (χ1) is 11.1. The van der Waals surface area contributed by atoms with Gasteiger partial charge in [-0.05, 0) is 19.2 Å². The summed E-state index contributed by atoms with van der Waals surface area (Å²) in [6, 6.07) is 10.0. The number of piperazine rings is 1. The van der Waals surface area contributed by atoms with Gasteiger partial charge in [-0.2, -0.15) is 10.2 Å². The molecule has 4 N–H and O–H groups in total. The first-order valence-corrected chi connectivity index (χ1v) is 7.45. The number of benzene rings is 1. The number of likely N-dealkylation sites (N-methyl/N-ethyl adjacent to an activating group) is 1. The van der Waals surface area contributed by atoms with Crippen LogP contribution in [0, 0.1) is 11.3 Å². The Labute approximate surface area is 135 Å². The number of nitrogens with zero attached hydrogens (tertiary/aromatic N) is 5. The van der Waals surface area contributed by atoms with E-state index in [-0.39, 0.29) is 17.3 Å². The Morgan fingerprint density at radius 3 is 2.57 bits per heavy atom. The molecular weight excluding hydrogens is 290 g/mol. The molecule has 118 valence electrons. The van der Waals surface area contributed by atoms with Crippen LogP contribution in [0.25, 0.3) is 11.3 Å². The number of nitriles is 1. The van der Waals surface area contributed by atoms with E-state index in [0.717, 1.165) is 37.4 Å². The highest BCUT2D eigenvalue weighted by molar-refractivity contribution is 5.75. The summed E-state index contributed by atoms with van der Waals surface area (Å²) in [4.78, 5) is 12.7. The standard InChI is InChI=1S/C16H19N7/c1-22-5-7-23(8-6-22)12-4-2-3-11(9-12)14-13(10-17)15(18)21-16(19)20-14/h2-4,9H,5-8H2,1H3,(H4,18,19,20,21). The zero-order chi connectivity index (χ0) is 16.4. The zero-order valence-corrected chi connectivity index (χ0v) is 13.0. The SMILES string of the molecule is CN1CCN(c2cccc(-c3nc(N)nc(N)c3C#N)c2)CC1.